The molecule has 7 heteroatoms. The van der Waals surface area contributed by atoms with E-state index in [0.29, 0.717) is 23.8 Å². The van der Waals surface area contributed by atoms with E-state index in [2.05, 4.69) is 5.32 Å². The molecule has 1 aromatic rings. The molecule has 21 heavy (non-hydrogen) atoms. The smallest absolute Gasteiger partial charge is 0.224 e. The van der Waals surface area contributed by atoms with Crippen LogP contribution in [0.25, 0.3) is 0 Å². The second-order valence-electron chi connectivity index (χ2n) is 4.41. The summed E-state index contributed by atoms with van der Waals surface area (Å²) in [7, 11) is 4.62. The summed E-state index contributed by atoms with van der Waals surface area (Å²) < 4.78 is 15.7. The number of methoxy groups -OCH3 is 3. The van der Waals surface area contributed by atoms with E-state index in [4.69, 9.17) is 19.9 Å². The lowest BCUT2D eigenvalue weighted by molar-refractivity contribution is -0.120. The van der Waals surface area contributed by atoms with E-state index in [1.165, 1.54) is 21.3 Å². The van der Waals surface area contributed by atoms with Gasteiger partial charge in [0.2, 0.25) is 11.7 Å². The first-order valence-electron chi connectivity index (χ1n) is 6.34. The van der Waals surface area contributed by atoms with Gasteiger partial charge in [-0.25, -0.2) is 0 Å². The quantitative estimate of drug-likeness (QED) is 0.788. The Morgan fingerprint density at radius 2 is 1.71 bits per heavy atom. The van der Waals surface area contributed by atoms with E-state index in [1.807, 2.05) is 6.92 Å². The third-order valence-electron chi connectivity index (χ3n) is 2.85. The Morgan fingerprint density at radius 3 is 2.10 bits per heavy atom. The summed E-state index contributed by atoms with van der Waals surface area (Å²) in [6, 6.07) is 3.46. The molecule has 3 N–H and O–H groups in total. The molecule has 0 radical (unpaired) electrons. The molecule has 1 amide bonds. The molecular weight excluding hydrogens is 296 g/mol. The van der Waals surface area contributed by atoms with Gasteiger partial charge in [-0.2, -0.15) is 0 Å². The van der Waals surface area contributed by atoms with Crippen molar-refractivity contribution in [1.29, 1.82) is 0 Å². The van der Waals surface area contributed by atoms with Gasteiger partial charge in [0.05, 0.1) is 27.8 Å². The van der Waals surface area contributed by atoms with Crippen molar-refractivity contribution in [3.05, 3.63) is 17.7 Å². The van der Waals surface area contributed by atoms with Crippen LogP contribution in [0.1, 0.15) is 12.5 Å². The van der Waals surface area contributed by atoms with Crippen LogP contribution in [0.3, 0.4) is 0 Å². The molecule has 0 aliphatic rings. The van der Waals surface area contributed by atoms with E-state index in [0.717, 1.165) is 5.56 Å². The number of rotatable bonds is 7. The second kappa shape index (κ2) is 9.31. The maximum Gasteiger partial charge on any atom is 0.224 e. The van der Waals surface area contributed by atoms with Crippen LogP contribution in [0.2, 0.25) is 0 Å². The number of amides is 1. The number of ether oxygens (including phenoxy) is 3. The number of benzene rings is 1. The standard InChI is InChI=1S/C14H22N2O4.ClH/c1-9(8-15)16-13(17)7-10-5-11(18-2)14(20-4)12(6-10)19-3;/h5-6,9H,7-8,15H2,1-4H3,(H,16,17);1H/t9-;/m0./s1. The summed E-state index contributed by atoms with van der Waals surface area (Å²) in [6.07, 6.45) is 0.223. The lowest BCUT2D eigenvalue weighted by atomic mass is 10.1. The van der Waals surface area contributed by atoms with E-state index < -0.39 is 0 Å². The second-order valence-corrected chi connectivity index (χ2v) is 4.41. The monoisotopic (exact) mass is 318 g/mol. The third kappa shape index (κ3) is 5.32. The number of nitrogens with one attached hydrogen (secondary N) is 1. The highest BCUT2D eigenvalue weighted by atomic mass is 35.5. The Kier molecular flexibility index (Phi) is 8.57. The molecule has 1 rings (SSSR count). The van der Waals surface area contributed by atoms with Crippen molar-refractivity contribution in [3.8, 4) is 17.2 Å². The zero-order valence-corrected chi connectivity index (χ0v) is 13.6. The highest BCUT2D eigenvalue weighted by Gasteiger charge is 2.15. The fourth-order valence-electron chi connectivity index (χ4n) is 1.81. The van der Waals surface area contributed by atoms with Crippen molar-refractivity contribution in [2.24, 2.45) is 5.73 Å². The number of hydrogen-bond acceptors (Lipinski definition) is 5. The largest absolute Gasteiger partial charge is 0.493 e. The van der Waals surface area contributed by atoms with Crippen LogP contribution in [-0.4, -0.2) is 39.8 Å². The van der Waals surface area contributed by atoms with Gasteiger partial charge in [0.25, 0.3) is 0 Å². The Bertz CT molecular complexity index is 443. The summed E-state index contributed by atoms with van der Waals surface area (Å²) in [5.41, 5.74) is 6.25. The van der Waals surface area contributed by atoms with Crippen LogP contribution in [-0.2, 0) is 11.2 Å². The molecule has 0 aliphatic heterocycles. The highest BCUT2D eigenvalue weighted by Crippen LogP contribution is 2.38. The molecule has 0 saturated carbocycles. The molecule has 0 heterocycles. The third-order valence-corrected chi connectivity index (χ3v) is 2.85. The van der Waals surface area contributed by atoms with Crippen LogP contribution in [0.5, 0.6) is 17.2 Å². The fourth-order valence-corrected chi connectivity index (χ4v) is 1.81. The van der Waals surface area contributed by atoms with Crippen LogP contribution in [0.15, 0.2) is 12.1 Å². The van der Waals surface area contributed by atoms with Gasteiger partial charge in [-0.3, -0.25) is 4.79 Å². The van der Waals surface area contributed by atoms with E-state index in [1.54, 1.807) is 12.1 Å². The zero-order valence-electron chi connectivity index (χ0n) is 12.8. The Balaban J connectivity index is 0.00000400. The SMILES string of the molecule is COc1cc(CC(=O)N[C@@H](C)CN)cc(OC)c1OC.Cl. The minimum Gasteiger partial charge on any atom is -0.493 e. The molecule has 0 fully saturated rings. The fraction of sp³-hybridized carbons (Fsp3) is 0.500. The molecule has 1 atom stereocenters. The first-order chi connectivity index (χ1) is 9.55. The number of carbonyl (C=O) groups is 1. The van der Waals surface area contributed by atoms with Gasteiger partial charge in [-0.1, -0.05) is 0 Å². The van der Waals surface area contributed by atoms with Gasteiger partial charge < -0.3 is 25.3 Å². The number of carbonyl (C=O) groups excluding carboxylic acids is 1. The van der Waals surface area contributed by atoms with Gasteiger partial charge in [0, 0.05) is 12.6 Å². The molecule has 0 unspecified atom stereocenters. The first kappa shape index (κ1) is 19.3. The normalized spacial score (nSPS) is 11.1. The molecule has 0 aliphatic carbocycles. The van der Waals surface area contributed by atoms with Crippen LogP contribution >= 0.6 is 12.4 Å². The maximum absolute atomic E-state index is 11.9. The van der Waals surface area contributed by atoms with Crippen LogP contribution in [0.4, 0.5) is 0 Å². The predicted octanol–water partition coefficient (Wildman–Crippen LogP) is 1.14. The highest BCUT2D eigenvalue weighted by molar-refractivity contribution is 5.85. The molecule has 0 spiro atoms. The van der Waals surface area contributed by atoms with Crippen molar-refractivity contribution in [3.63, 3.8) is 0 Å². The summed E-state index contributed by atoms with van der Waals surface area (Å²) in [5.74, 6) is 1.47. The molecule has 0 bridgehead atoms. The van der Waals surface area contributed by atoms with Gasteiger partial charge in [0.1, 0.15) is 0 Å². The summed E-state index contributed by atoms with van der Waals surface area (Å²) in [5, 5.41) is 2.80. The lowest BCUT2D eigenvalue weighted by Crippen LogP contribution is -2.38. The summed E-state index contributed by atoms with van der Waals surface area (Å²) in [4.78, 5) is 11.9. The predicted molar refractivity (Wildman–Crippen MR) is 83.7 cm³/mol. The average molecular weight is 319 g/mol. The number of nitrogens with two attached hydrogens (primary N) is 1. The zero-order chi connectivity index (χ0) is 15.1. The van der Waals surface area contributed by atoms with Gasteiger partial charge in [0.15, 0.2) is 11.5 Å². The molecule has 0 aromatic heterocycles. The Labute approximate surface area is 131 Å². The Hall–Kier alpha value is -1.66. The van der Waals surface area contributed by atoms with Gasteiger partial charge >= 0.3 is 0 Å². The lowest BCUT2D eigenvalue weighted by Gasteiger charge is -2.15. The van der Waals surface area contributed by atoms with Gasteiger partial charge in [-0.15, -0.1) is 12.4 Å². The minimum absolute atomic E-state index is 0. The molecule has 6 nitrogen and oxygen atoms in total. The van der Waals surface area contributed by atoms with Crippen molar-refractivity contribution < 1.29 is 19.0 Å². The van der Waals surface area contributed by atoms with Crippen LogP contribution in [0, 0.1) is 0 Å². The molecule has 120 valence electrons. The van der Waals surface area contributed by atoms with Crippen molar-refractivity contribution >= 4 is 18.3 Å². The molecule has 1 aromatic carbocycles. The first-order valence-corrected chi connectivity index (χ1v) is 6.34. The van der Waals surface area contributed by atoms with E-state index in [-0.39, 0.29) is 30.8 Å². The maximum atomic E-state index is 11.9. The summed E-state index contributed by atoms with van der Waals surface area (Å²) in [6.45, 7) is 2.26. The van der Waals surface area contributed by atoms with E-state index in [9.17, 15) is 4.79 Å². The van der Waals surface area contributed by atoms with Crippen molar-refractivity contribution in [1.82, 2.24) is 5.32 Å². The number of halogens is 1. The topological polar surface area (TPSA) is 82.8 Å². The Morgan fingerprint density at radius 1 is 1.19 bits per heavy atom. The average Bonchev–Trinajstić information content (AvgIpc) is 2.45. The van der Waals surface area contributed by atoms with Gasteiger partial charge in [-0.05, 0) is 24.6 Å². The number of hydrogen-bond donors (Lipinski definition) is 2. The molecular formula is C14H23ClN2O4. The van der Waals surface area contributed by atoms with Crippen molar-refractivity contribution in [2.45, 2.75) is 19.4 Å². The van der Waals surface area contributed by atoms with E-state index >= 15 is 0 Å². The van der Waals surface area contributed by atoms with Crippen molar-refractivity contribution in [2.75, 3.05) is 27.9 Å². The summed E-state index contributed by atoms with van der Waals surface area (Å²) >= 11 is 0. The minimum atomic E-state index is -0.0998. The van der Waals surface area contributed by atoms with Crippen LogP contribution < -0.4 is 25.3 Å². The molecule has 0 saturated heterocycles.